The molecule has 0 unspecified atom stereocenters. The van der Waals surface area contributed by atoms with Gasteiger partial charge in [0.05, 0.1) is 23.0 Å². The monoisotopic (exact) mass is 563 g/mol. The number of carbonyl (C=O) groups excluding carboxylic acids is 1. The highest BCUT2D eigenvalue weighted by Gasteiger charge is 2.35. The maximum Gasteiger partial charge on any atom is 0.224 e. The topological polar surface area (TPSA) is 131 Å². The van der Waals surface area contributed by atoms with Crippen molar-refractivity contribution in [2.75, 3.05) is 10.6 Å². The molecule has 2 atom stereocenters. The van der Waals surface area contributed by atoms with E-state index < -0.39 is 11.9 Å². The number of rotatable bonds is 6. The molecule has 0 saturated heterocycles. The average Bonchev–Trinajstić information content (AvgIpc) is 3.21. The molecule has 2 aromatic heterocycles. The number of nitrogens with zero attached hydrogens (tertiary/aromatic N) is 4. The van der Waals surface area contributed by atoms with Gasteiger partial charge in [0.2, 0.25) is 17.8 Å². The van der Waals surface area contributed by atoms with Gasteiger partial charge in [0, 0.05) is 23.0 Å². The summed E-state index contributed by atoms with van der Waals surface area (Å²) in [7, 11) is 0. The number of primary amides is 1. The molecule has 38 heavy (non-hydrogen) atoms. The third-order valence-electron chi connectivity index (χ3n) is 8.02. The molecule has 9 nitrogen and oxygen atoms in total. The number of hydrogen-bond acceptors (Lipinski definition) is 7. The lowest BCUT2D eigenvalue weighted by molar-refractivity contribution is -0.122. The van der Waals surface area contributed by atoms with Crippen LogP contribution in [0.1, 0.15) is 64.8 Å². The summed E-state index contributed by atoms with van der Waals surface area (Å²) < 4.78 is 16.7. The van der Waals surface area contributed by atoms with Gasteiger partial charge in [-0.3, -0.25) is 9.36 Å². The van der Waals surface area contributed by atoms with Gasteiger partial charge < -0.3 is 21.5 Å². The number of benzene rings is 1. The highest BCUT2D eigenvalue weighted by molar-refractivity contribution is 6.36. The van der Waals surface area contributed by atoms with Gasteiger partial charge in [0.1, 0.15) is 11.3 Å². The molecular formula is C26H32Cl2FN7O2. The number of nitrogens with one attached hydrogen (secondary N) is 2. The van der Waals surface area contributed by atoms with Gasteiger partial charge in [-0.2, -0.15) is 4.98 Å². The molecule has 2 aliphatic rings. The fourth-order valence-corrected chi connectivity index (χ4v) is 6.04. The van der Waals surface area contributed by atoms with E-state index in [-0.39, 0.29) is 45.1 Å². The lowest BCUT2D eigenvalue weighted by Crippen LogP contribution is -2.41. The van der Waals surface area contributed by atoms with Gasteiger partial charge >= 0.3 is 0 Å². The third kappa shape index (κ3) is 5.39. The number of carbonyl (C=O) groups is 1. The van der Waals surface area contributed by atoms with E-state index in [0.717, 1.165) is 12.8 Å². The molecule has 0 bridgehead atoms. The van der Waals surface area contributed by atoms with Gasteiger partial charge in [-0.15, -0.1) is 0 Å². The summed E-state index contributed by atoms with van der Waals surface area (Å²) in [6, 6.07) is 2.63. The van der Waals surface area contributed by atoms with Gasteiger partial charge in [0.15, 0.2) is 5.65 Å². The first-order valence-corrected chi connectivity index (χ1v) is 13.7. The number of nitrogens with two attached hydrogens (primary N) is 1. The Kier molecular flexibility index (Phi) is 7.41. The van der Waals surface area contributed by atoms with Crippen LogP contribution in [0.2, 0.25) is 10.0 Å². The highest BCUT2D eigenvalue weighted by Crippen LogP contribution is 2.39. The molecule has 1 aromatic carbocycles. The Balaban J connectivity index is 1.49. The number of anilines is 3. The molecule has 2 saturated carbocycles. The van der Waals surface area contributed by atoms with E-state index in [1.54, 1.807) is 6.20 Å². The molecule has 12 heteroatoms. The summed E-state index contributed by atoms with van der Waals surface area (Å²) in [4.78, 5) is 25.7. The quantitative estimate of drug-likeness (QED) is 0.307. The van der Waals surface area contributed by atoms with Crippen LogP contribution >= 0.6 is 23.2 Å². The average molecular weight is 564 g/mol. The lowest BCUT2D eigenvalue weighted by Gasteiger charge is -2.39. The first-order valence-electron chi connectivity index (χ1n) is 12.9. The van der Waals surface area contributed by atoms with Crippen LogP contribution in [0, 0.1) is 17.2 Å². The minimum atomic E-state index is -0.606. The van der Waals surface area contributed by atoms with Crippen molar-refractivity contribution in [1.29, 1.82) is 0 Å². The number of hydrogen-bond donors (Lipinski definition) is 4. The largest absolute Gasteiger partial charge is 0.392 e. The van der Waals surface area contributed by atoms with Gasteiger partial charge in [-0.05, 0) is 62.5 Å². The minimum Gasteiger partial charge on any atom is -0.392 e. The van der Waals surface area contributed by atoms with Crippen LogP contribution in [0.25, 0.3) is 11.2 Å². The molecule has 5 N–H and O–H groups in total. The van der Waals surface area contributed by atoms with E-state index in [9.17, 15) is 14.3 Å². The molecule has 0 aliphatic heterocycles. The van der Waals surface area contributed by atoms with Crippen molar-refractivity contribution in [3.05, 3.63) is 34.2 Å². The zero-order valence-electron chi connectivity index (χ0n) is 21.3. The van der Waals surface area contributed by atoms with Crippen LogP contribution in [-0.4, -0.2) is 42.7 Å². The summed E-state index contributed by atoms with van der Waals surface area (Å²) in [5.74, 6) is -0.269. The molecule has 2 fully saturated rings. The Labute approximate surface area is 230 Å². The molecule has 1 amide bonds. The highest BCUT2D eigenvalue weighted by atomic mass is 35.5. The number of fused-ring (bicyclic) bond motifs is 1. The number of halogens is 3. The normalized spacial score (nSPS) is 25.3. The van der Waals surface area contributed by atoms with Crippen LogP contribution < -0.4 is 16.4 Å². The molecule has 2 heterocycles. The number of aliphatic hydroxyl groups excluding tert-OH is 1. The molecule has 5 rings (SSSR count). The van der Waals surface area contributed by atoms with E-state index >= 15 is 0 Å². The Morgan fingerprint density at radius 1 is 1.18 bits per heavy atom. The molecule has 3 aromatic rings. The number of aromatic nitrogens is 4. The molecular weight excluding hydrogens is 532 g/mol. The molecule has 2 aliphatic carbocycles. The van der Waals surface area contributed by atoms with Crippen LogP contribution in [0.4, 0.5) is 22.0 Å². The van der Waals surface area contributed by atoms with Crippen molar-refractivity contribution in [1.82, 2.24) is 19.5 Å². The van der Waals surface area contributed by atoms with E-state index in [4.69, 9.17) is 33.9 Å². The smallest absolute Gasteiger partial charge is 0.224 e. The first-order chi connectivity index (χ1) is 18.0. The second-order valence-electron chi connectivity index (χ2n) is 11.1. The second-order valence-corrected chi connectivity index (χ2v) is 11.9. The Morgan fingerprint density at radius 3 is 2.58 bits per heavy atom. The van der Waals surface area contributed by atoms with Crippen LogP contribution in [0.15, 0.2) is 18.3 Å². The summed E-state index contributed by atoms with van der Waals surface area (Å²) in [5, 5.41) is 17.3. The number of aliphatic hydroxyl groups is 1. The SMILES string of the molecule is CC1(C)CC[C@@H](Nc2ncc3nc(Nc4c(F)cc(Cl)cc4Cl)n([C@H]4CC[C@@H](C(N)=O)CC4)c3n2)C[C@H]1O. The standard InChI is InChI=1S/C26H32Cl2FN7O2/c1-26(2)8-7-15(11-20(26)37)32-24-31-12-19-23(35-24)36(16-5-3-13(4-6-16)22(30)38)25(33-19)34-21-17(28)9-14(27)10-18(21)29/h9-10,12-13,15-16,20,37H,3-8,11H2,1-2H3,(H2,30,38)(H,33,34)(H,31,32,35)/t13-,15-,16+,20-/m1/s1. The maximum atomic E-state index is 14.8. The molecule has 0 radical (unpaired) electrons. The fourth-order valence-electron chi connectivity index (χ4n) is 5.52. The van der Waals surface area contributed by atoms with Crippen molar-refractivity contribution in [3.8, 4) is 0 Å². The van der Waals surface area contributed by atoms with E-state index in [2.05, 4.69) is 34.4 Å². The van der Waals surface area contributed by atoms with Crippen LogP contribution in [0.5, 0.6) is 0 Å². The Morgan fingerprint density at radius 2 is 1.92 bits per heavy atom. The van der Waals surface area contributed by atoms with Gasteiger partial charge in [-0.1, -0.05) is 37.0 Å². The van der Waals surface area contributed by atoms with Crippen molar-refractivity contribution in [2.24, 2.45) is 17.1 Å². The minimum absolute atomic E-state index is 0.0393. The predicted octanol–water partition coefficient (Wildman–Crippen LogP) is 5.58. The van der Waals surface area contributed by atoms with Crippen molar-refractivity contribution in [3.63, 3.8) is 0 Å². The zero-order valence-corrected chi connectivity index (χ0v) is 22.9. The maximum absolute atomic E-state index is 14.8. The summed E-state index contributed by atoms with van der Waals surface area (Å²) in [6.07, 6.45) is 6.24. The van der Waals surface area contributed by atoms with Gasteiger partial charge in [0.25, 0.3) is 0 Å². The summed E-state index contributed by atoms with van der Waals surface area (Å²) in [6.45, 7) is 4.15. The van der Waals surface area contributed by atoms with E-state index in [1.165, 1.54) is 12.1 Å². The predicted molar refractivity (Wildman–Crippen MR) is 146 cm³/mol. The van der Waals surface area contributed by atoms with E-state index in [1.807, 2.05) is 4.57 Å². The number of amides is 1. The van der Waals surface area contributed by atoms with E-state index in [0.29, 0.717) is 55.2 Å². The fraction of sp³-hybridized carbons (Fsp3) is 0.538. The zero-order chi connectivity index (χ0) is 27.2. The summed E-state index contributed by atoms with van der Waals surface area (Å²) in [5.41, 5.74) is 6.60. The number of imidazole rings is 1. The van der Waals surface area contributed by atoms with Crippen molar-refractivity contribution >= 4 is 57.9 Å². The Hall–Kier alpha value is -2.69. The first kappa shape index (κ1) is 26.9. The van der Waals surface area contributed by atoms with Crippen molar-refractivity contribution in [2.45, 2.75) is 77.0 Å². The van der Waals surface area contributed by atoms with Crippen LogP contribution in [0.3, 0.4) is 0 Å². The lowest BCUT2D eigenvalue weighted by atomic mass is 9.73. The van der Waals surface area contributed by atoms with Crippen molar-refractivity contribution < 1.29 is 14.3 Å². The molecule has 0 spiro atoms. The van der Waals surface area contributed by atoms with Crippen LogP contribution in [-0.2, 0) is 4.79 Å². The Bertz CT molecular complexity index is 1330. The second kappa shape index (κ2) is 10.5. The van der Waals surface area contributed by atoms with Gasteiger partial charge in [-0.25, -0.2) is 14.4 Å². The third-order valence-corrected chi connectivity index (χ3v) is 8.54. The molecule has 204 valence electrons. The summed E-state index contributed by atoms with van der Waals surface area (Å²) >= 11 is 12.3.